The third-order valence-corrected chi connectivity index (χ3v) is 7.51. The Morgan fingerprint density at radius 3 is 2.36 bits per heavy atom. The number of hydrogen-bond donors (Lipinski definition) is 2. The van der Waals surface area contributed by atoms with Crippen LogP contribution in [0.15, 0.2) is 36.9 Å². The summed E-state index contributed by atoms with van der Waals surface area (Å²) in [6.45, 7) is 1.50. The number of carbonyl (C=O) groups is 2. The molecule has 2 amide bonds. The van der Waals surface area contributed by atoms with E-state index in [1.54, 1.807) is 28.2 Å². The van der Waals surface area contributed by atoms with Gasteiger partial charge < -0.3 is 16.4 Å². The van der Waals surface area contributed by atoms with Crippen LogP contribution < -0.4 is 11.5 Å². The van der Waals surface area contributed by atoms with Crippen LogP contribution in [0.3, 0.4) is 0 Å². The Labute approximate surface area is 207 Å². The van der Waals surface area contributed by atoms with Gasteiger partial charge in [0.2, 0.25) is 0 Å². The lowest BCUT2D eigenvalue weighted by Gasteiger charge is -2.38. The number of pyridine rings is 1. The van der Waals surface area contributed by atoms with Crippen LogP contribution in [0.1, 0.15) is 54.6 Å². The number of Topliss-reactive ketones (excluding diaryl/α,β-unsaturated/α-hetero) is 1. The van der Waals surface area contributed by atoms with Gasteiger partial charge >= 0.3 is 6.03 Å². The van der Waals surface area contributed by atoms with Crippen LogP contribution in [0.5, 0.6) is 0 Å². The van der Waals surface area contributed by atoms with Gasteiger partial charge in [-0.15, -0.1) is 0 Å². The van der Waals surface area contributed by atoms with Crippen molar-refractivity contribution in [2.75, 3.05) is 5.73 Å². The van der Waals surface area contributed by atoms with Crippen LogP contribution in [0, 0.1) is 0 Å². The molecular formula is C25H27N9O2. The third kappa shape index (κ3) is 3.42. The van der Waals surface area contributed by atoms with Gasteiger partial charge in [-0.1, -0.05) is 6.07 Å². The second-order valence-corrected chi connectivity index (χ2v) is 9.74. The van der Waals surface area contributed by atoms with Crippen molar-refractivity contribution >= 4 is 23.3 Å². The first kappa shape index (κ1) is 22.2. The molecule has 2 aliphatic heterocycles. The highest BCUT2D eigenvalue weighted by molar-refractivity contribution is 6.00. The molecule has 0 saturated carbocycles. The summed E-state index contributed by atoms with van der Waals surface area (Å²) in [7, 11) is 1.86. The lowest BCUT2D eigenvalue weighted by Crippen LogP contribution is -2.48. The van der Waals surface area contributed by atoms with Crippen molar-refractivity contribution in [3.8, 4) is 22.4 Å². The molecule has 11 heteroatoms. The zero-order valence-electron chi connectivity index (χ0n) is 20.1. The van der Waals surface area contributed by atoms with Gasteiger partial charge in [0, 0.05) is 54.1 Å². The van der Waals surface area contributed by atoms with Gasteiger partial charge in [-0.05, 0) is 38.7 Å². The molecule has 0 aliphatic carbocycles. The number of fused-ring (bicyclic) bond motifs is 3. The number of amides is 2. The summed E-state index contributed by atoms with van der Waals surface area (Å²) in [5.74, 6) is 0.123. The van der Waals surface area contributed by atoms with Gasteiger partial charge in [0.05, 0.1) is 29.3 Å². The molecule has 36 heavy (non-hydrogen) atoms. The minimum Gasteiger partial charge on any atom is -0.383 e. The van der Waals surface area contributed by atoms with Crippen LogP contribution in [-0.2, 0) is 7.05 Å². The van der Waals surface area contributed by atoms with E-state index >= 15 is 0 Å². The topological polar surface area (TPSA) is 150 Å². The predicted molar refractivity (Wildman–Crippen MR) is 133 cm³/mol. The Kier molecular flexibility index (Phi) is 5.02. The zero-order valence-corrected chi connectivity index (χ0v) is 20.1. The molecule has 184 valence electrons. The molecule has 4 aromatic heterocycles. The first-order valence-electron chi connectivity index (χ1n) is 12.0. The zero-order chi connectivity index (χ0) is 25.1. The molecule has 2 bridgehead atoms. The van der Waals surface area contributed by atoms with E-state index in [2.05, 4.69) is 15.2 Å². The predicted octanol–water partition coefficient (Wildman–Crippen LogP) is 2.77. The van der Waals surface area contributed by atoms with Crippen molar-refractivity contribution in [2.45, 2.75) is 50.6 Å². The van der Waals surface area contributed by atoms with Crippen LogP contribution in [0.4, 0.5) is 10.6 Å². The Balaban J connectivity index is 1.42. The Morgan fingerprint density at radius 1 is 1.03 bits per heavy atom. The highest BCUT2D eigenvalue weighted by Crippen LogP contribution is 2.44. The maximum Gasteiger partial charge on any atom is 0.315 e. The minimum absolute atomic E-state index is 0.00173. The second kappa shape index (κ2) is 8.14. The summed E-state index contributed by atoms with van der Waals surface area (Å²) < 4.78 is 3.26. The number of anilines is 1. The van der Waals surface area contributed by atoms with Crippen molar-refractivity contribution < 1.29 is 9.59 Å². The standard InChI is InChI=1S/C25H27N9O2/c1-13(35)21-22(15-7-17-4-5-18(8-15)33(17)25(27)36)31-24-19(11-30-34(24)23(21)26)14-3-6-20(28-9-14)16-10-29-32(2)12-16/h3,6,9-12,15,17-18H,4-5,7-8,26H2,1-2H3,(H2,27,36)/t15-,17+,18-. The second-order valence-electron chi connectivity index (χ2n) is 9.74. The molecule has 4 N–H and O–H groups in total. The van der Waals surface area contributed by atoms with E-state index in [0.29, 0.717) is 29.7 Å². The number of nitrogens with zero attached hydrogens (tertiary/aromatic N) is 7. The average Bonchev–Trinajstić information content (AvgIpc) is 3.54. The molecule has 2 saturated heterocycles. The molecule has 2 aliphatic rings. The Hall–Kier alpha value is -4.28. The number of urea groups is 1. The number of nitrogens with two attached hydrogens (primary N) is 2. The fourth-order valence-corrected chi connectivity index (χ4v) is 5.93. The van der Waals surface area contributed by atoms with Crippen molar-refractivity contribution in [1.29, 1.82) is 0 Å². The van der Waals surface area contributed by atoms with Gasteiger partial charge in [-0.25, -0.2) is 9.78 Å². The lowest BCUT2D eigenvalue weighted by atomic mass is 9.85. The molecule has 0 radical (unpaired) electrons. The molecular weight excluding hydrogens is 458 g/mol. The maximum atomic E-state index is 12.7. The van der Waals surface area contributed by atoms with Gasteiger partial charge in [0.15, 0.2) is 11.4 Å². The minimum atomic E-state index is -0.379. The van der Waals surface area contributed by atoms with Gasteiger partial charge in [-0.3, -0.25) is 14.5 Å². The highest BCUT2D eigenvalue weighted by atomic mass is 16.2. The molecule has 3 atom stereocenters. The summed E-state index contributed by atoms with van der Waals surface area (Å²) in [5.41, 5.74) is 17.2. The molecule has 0 spiro atoms. The van der Waals surface area contributed by atoms with E-state index in [4.69, 9.17) is 16.5 Å². The first-order valence-corrected chi connectivity index (χ1v) is 12.0. The maximum absolute atomic E-state index is 12.7. The lowest BCUT2D eigenvalue weighted by molar-refractivity contribution is 0.101. The van der Waals surface area contributed by atoms with Crippen LogP contribution in [0.2, 0.25) is 0 Å². The third-order valence-electron chi connectivity index (χ3n) is 7.51. The summed E-state index contributed by atoms with van der Waals surface area (Å²) in [6, 6.07) is 3.63. The molecule has 11 nitrogen and oxygen atoms in total. The molecule has 2 fully saturated rings. The molecule has 6 rings (SSSR count). The van der Waals surface area contributed by atoms with E-state index in [9.17, 15) is 9.59 Å². The summed E-state index contributed by atoms with van der Waals surface area (Å²) in [4.78, 5) is 36.1. The Bertz CT molecular complexity index is 1490. The molecule has 0 aromatic carbocycles. The summed E-state index contributed by atoms with van der Waals surface area (Å²) in [6.07, 6.45) is 10.4. The van der Waals surface area contributed by atoms with Gasteiger partial charge in [0.1, 0.15) is 5.82 Å². The van der Waals surface area contributed by atoms with Gasteiger partial charge in [-0.2, -0.15) is 14.7 Å². The molecule has 0 unspecified atom stereocenters. The number of hydrogen-bond acceptors (Lipinski definition) is 7. The average molecular weight is 486 g/mol. The van der Waals surface area contributed by atoms with Crippen molar-refractivity contribution in [3.63, 3.8) is 0 Å². The number of aromatic nitrogens is 6. The molecule has 6 heterocycles. The number of ketones is 1. The largest absolute Gasteiger partial charge is 0.383 e. The van der Waals surface area contributed by atoms with Crippen LogP contribution in [0.25, 0.3) is 28.0 Å². The summed E-state index contributed by atoms with van der Waals surface area (Å²) in [5, 5.41) is 8.66. The fraction of sp³-hybridized carbons (Fsp3) is 0.360. The fourth-order valence-electron chi connectivity index (χ4n) is 5.93. The van der Waals surface area contributed by atoms with E-state index in [1.165, 1.54) is 11.4 Å². The van der Waals surface area contributed by atoms with Gasteiger partial charge in [0.25, 0.3) is 0 Å². The summed E-state index contributed by atoms with van der Waals surface area (Å²) >= 11 is 0. The van der Waals surface area contributed by atoms with Crippen LogP contribution >= 0.6 is 0 Å². The van der Waals surface area contributed by atoms with Crippen LogP contribution in [-0.4, -0.2) is 58.2 Å². The number of carbonyl (C=O) groups excluding carboxylic acids is 2. The van der Waals surface area contributed by atoms with Crippen molar-refractivity contribution in [3.05, 3.63) is 48.2 Å². The smallest absolute Gasteiger partial charge is 0.315 e. The van der Waals surface area contributed by atoms with E-state index in [1.807, 2.05) is 25.4 Å². The van der Waals surface area contributed by atoms with E-state index < -0.39 is 0 Å². The Morgan fingerprint density at radius 2 is 1.78 bits per heavy atom. The van der Waals surface area contributed by atoms with E-state index in [-0.39, 0.29) is 35.6 Å². The number of rotatable bonds is 4. The van der Waals surface area contributed by atoms with Crippen molar-refractivity contribution in [2.24, 2.45) is 12.8 Å². The number of nitrogen functional groups attached to an aromatic ring is 1. The SMILES string of the molecule is CC(=O)c1c([C@H]2C[C@H]3CC[C@@H](C2)N3C(N)=O)nc2c(-c3ccc(-c4cnn(C)c4)nc3)cnn2c1N. The van der Waals surface area contributed by atoms with Crippen molar-refractivity contribution in [1.82, 2.24) is 34.3 Å². The number of piperidine rings is 1. The monoisotopic (exact) mass is 485 g/mol. The molecule has 4 aromatic rings. The highest BCUT2D eigenvalue weighted by Gasteiger charge is 2.44. The first-order chi connectivity index (χ1) is 17.3. The number of aryl methyl sites for hydroxylation is 1. The van der Waals surface area contributed by atoms with E-state index in [0.717, 1.165) is 35.2 Å². The number of primary amides is 1. The normalized spacial score (nSPS) is 21.3. The quantitative estimate of drug-likeness (QED) is 0.422.